The molecular formula is C13H23N3S. The fourth-order valence-electron chi connectivity index (χ4n) is 2.77. The van der Waals surface area contributed by atoms with E-state index in [9.17, 15) is 0 Å². The van der Waals surface area contributed by atoms with Gasteiger partial charge < -0.3 is 5.32 Å². The van der Waals surface area contributed by atoms with Gasteiger partial charge in [-0.05, 0) is 37.0 Å². The minimum Gasteiger partial charge on any atom is -0.357 e. The molecule has 1 aromatic heterocycles. The molecular weight excluding hydrogens is 230 g/mol. The van der Waals surface area contributed by atoms with Crippen molar-refractivity contribution in [2.75, 3.05) is 5.32 Å². The molecule has 1 aliphatic rings. The van der Waals surface area contributed by atoms with Gasteiger partial charge in [0.05, 0.1) is 0 Å². The topological polar surface area (TPSA) is 37.8 Å². The van der Waals surface area contributed by atoms with E-state index < -0.39 is 0 Å². The highest BCUT2D eigenvalue weighted by Crippen LogP contribution is 2.39. The van der Waals surface area contributed by atoms with Crippen LogP contribution in [0.4, 0.5) is 5.13 Å². The number of rotatable bonds is 3. The number of hydrogen-bond donors (Lipinski definition) is 1. The predicted octanol–water partition coefficient (Wildman–Crippen LogP) is 3.73. The Morgan fingerprint density at radius 2 is 2.18 bits per heavy atom. The van der Waals surface area contributed by atoms with Crippen molar-refractivity contribution in [2.45, 2.75) is 59.4 Å². The summed E-state index contributed by atoms with van der Waals surface area (Å²) in [5, 5.41) is 14.1. The lowest BCUT2D eigenvalue weighted by atomic mass is 9.70. The minimum absolute atomic E-state index is 0.507. The number of aromatic nitrogens is 2. The zero-order valence-electron chi connectivity index (χ0n) is 11.3. The van der Waals surface area contributed by atoms with Gasteiger partial charge in [-0.3, -0.25) is 0 Å². The maximum atomic E-state index is 4.21. The third-order valence-electron chi connectivity index (χ3n) is 3.77. The van der Waals surface area contributed by atoms with Crippen LogP contribution in [-0.2, 0) is 6.42 Å². The third kappa shape index (κ3) is 3.18. The Hall–Kier alpha value is -0.640. The monoisotopic (exact) mass is 253 g/mol. The van der Waals surface area contributed by atoms with E-state index in [4.69, 9.17) is 0 Å². The summed E-state index contributed by atoms with van der Waals surface area (Å²) in [4.78, 5) is 0. The van der Waals surface area contributed by atoms with Gasteiger partial charge in [0.2, 0.25) is 5.13 Å². The molecule has 1 N–H and O–H groups in total. The van der Waals surface area contributed by atoms with E-state index in [2.05, 4.69) is 43.2 Å². The van der Waals surface area contributed by atoms with E-state index >= 15 is 0 Å². The first-order chi connectivity index (χ1) is 8.00. The molecule has 0 aromatic carbocycles. The summed E-state index contributed by atoms with van der Waals surface area (Å²) in [7, 11) is 0. The number of nitrogens with one attached hydrogen (secondary N) is 1. The second-order valence-corrected chi connectivity index (χ2v) is 7.05. The van der Waals surface area contributed by atoms with Crippen LogP contribution in [0.1, 0.15) is 52.0 Å². The largest absolute Gasteiger partial charge is 0.357 e. The van der Waals surface area contributed by atoms with Crippen molar-refractivity contribution in [1.29, 1.82) is 0 Å². The number of hydrogen-bond acceptors (Lipinski definition) is 4. The SMILES string of the molecule is CCc1nnc(NC2CCC(C)(C)CC2C)s1. The zero-order chi connectivity index (χ0) is 12.5. The van der Waals surface area contributed by atoms with E-state index in [1.807, 2.05) is 0 Å². The number of aryl methyl sites for hydroxylation is 1. The molecule has 0 radical (unpaired) electrons. The molecule has 0 aliphatic heterocycles. The van der Waals surface area contributed by atoms with Crippen molar-refractivity contribution in [3.63, 3.8) is 0 Å². The van der Waals surface area contributed by atoms with Gasteiger partial charge in [-0.2, -0.15) is 0 Å². The van der Waals surface area contributed by atoms with Crippen LogP contribution in [0.3, 0.4) is 0 Å². The number of nitrogens with zero attached hydrogens (tertiary/aromatic N) is 2. The lowest BCUT2D eigenvalue weighted by Crippen LogP contribution is -2.36. The van der Waals surface area contributed by atoms with Gasteiger partial charge in [0.15, 0.2) is 0 Å². The molecule has 2 rings (SSSR count). The third-order valence-corrected chi connectivity index (χ3v) is 4.77. The molecule has 0 spiro atoms. The van der Waals surface area contributed by atoms with E-state index in [0.29, 0.717) is 17.4 Å². The average molecular weight is 253 g/mol. The van der Waals surface area contributed by atoms with Crippen LogP contribution in [-0.4, -0.2) is 16.2 Å². The molecule has 1 fully saturated rings. The maximum absolute atomic E-state index is 4.21. The maximum Gasteiger partial charge on any atom is 0.205 e. The predicted molar refractivity (Wildman–Crippen MR) is 73.5 cm³/mol. The fraction of sp³-hybridized carbons (Fsp3) is 0.846. The number of anilines is 1. The summed E-state index contributed by atoms with van der Waals surface area (Å²) in [6, 6.07) is 0.570. The molecule has 2 unspecified atom stereocenters. The molecule has 17 heavy (non-hydrogen) atoms. The van der Waals surface area contributed by atoms with Gasteiger partial charge in [0, 0.05) is 6.04 Å². The van der Waals surface area contributed by atoms with E-state index in [1.54, 1.807) is 11.3 Å². The molecule has 3 nitrogen and oxygen atoms in total. The first kappa shape index (κ1) is 12.8. The van der Waals surface area contributed by atoms with Gasteiger partial charge in [0.25, 0.3) is 0 Å². The summed E-state index contributed by atoms with van der Waals surface area (Å²) >= 11 is 1.70. The molecule has 0 saturated heterocycles. The van der Waals surface area contributed by atoms with E-state index in [0.717, 1.165) is 16.6 Å². The summed E-state index contributed by atoms with van der Waals surface area (Å²) in [5.41, 5.74) is 0.507. The molecule has 1 heterocycles. The first-order valence-corrected chi connectivity index (χ1v) is 7.41. The van der Waals surface area contributed by atoms with Gasteiger partial charge in [-0.1, -0.05) is 39.0 Å². The lowest BCUT2D eigenvalue weighted by Gasteiger charge is -2.39. The smallest absolute Gasteiger partial charge is 0.205 e. The van der Waals surface area contributed by atoms with Crippen LogP contribution in [0.5, 0.6) is 0 Å². The quantitative estimate of drug-likeness (QED) is 0.892. The minimum atomic E-state index is 0.507. The van der Waals surface area contributed by atoms with Gasteiger partial charge in [-0.15, -0.1) is 10.2 Å². The molecule has 2 atom stereocenters. The highest BCUT2D eigenvalue weighted by molar-refractivity contribution is 7.15. The van der Waals surface area contributed by atoms with Crippen molar-refractivity contribution in [3.8, 4) is 0 Å². The first-order valence-electron chi connectivity index (χ1n) is 6.59. The van der Waals surface area contributed by atoms with Crippen molar-refractivity contribution < 1.29 is 0 Å². The average Bonchev–Trinajstić information content (AvgIpc) is 2.69. The highest BCUT2D eigenvalue weighted by Gasteiger charge is 2.32. The Bertz CT molecular complexity index is 372. The van der Waals surface area contributed by atoms with E-state index in [-0.39, 0.29) is 0 Å². The Balaban J connectivity index is 1.95. The summed E-state index contributed by atoms with van der Waals surface area (Å²) in [5.74, 6) is 0.715. The Labute approximate surface area is 108 Å². The molecule has 0 amide bonds. The van der Waals surface area contributed by atoms with Crippen molar-refractivity contribution in [2.24, 2.45) is 11.3 Å². The fourth-order valence-corrected chi connectivity index (χ4v) is 3.52. The standard InChI is InChI=1S/C13H23N3S/c1-5-11-15-16-12(17-11)14-10-6-7-13(3,4)8-9(10)2/h9-10H,5-8H2,1-4H3,(H,14,16). The molecule has 1 saturated carbocycles. The van der Waals surface area contributed by atoms with Crippen LogP contribution in [0.15, 0.2) is 0 Å². The van der Waals surface area contributed by atoms with E-state index in [1.165, 1.54) is 19.3 Å². The second-order valence-electron chi connectivity index (χ2n) is 5.99. The zero-order valence-corrected chi connectivity index (χ0v) is 12.1. The Kier molecular flexibility index (Phi) is 3.71. The summed E-state index contributed by atoms with van der Waals surface area (Å²) in [6.07, 6.45) is 4.82. The van der Waals surface area contributed by atoms with Crippen LogP contribution in [0.2, 0.25) is 0 Å². The van der Waals surface area contributed by atoms with Crippen LogP contribution >= 0.6 is 11.3 Å². The van der Waals surface area contributed by atoms with Crippen LogP contribution < -0.4 is 5.32 Å². The molecule has 1 aliphatic carbocycles. The lowest BCUT2D eigenvalue weighted by molar-refractivity contribution is 0.177. The normalized spacial score (nSPS) is 28.0. The van der Waals surface area contributed by atoms with Crippen LogP contribution in [0.25, 0.3) is 0 Å². The van der Waals surface area contributed by atoms with Crippen molar-refractivity contribution in [3.05, 3.63) is 5.01 Å². The highest BCUT2D eigenvalue weighted by atomic mass is 32.1. The van der Waals surface area contributed by atoms with Crippen molar-refractivity contribution in [1.82, 2.24) is 10.2 Å². The second kappa shape index (κ2) is 4.92. The molecule has 1 aromatic rings. The molecule has 96 valence electrons. The molecule has 0 bridgehead atoms. The van der Waals surface area contributed by atoms with Gasteiger partial charge in [0.1, 0.15) is 5.01 Å². The molecule has 4 heteroatoms. The van der Waals surface area contributed by atoms with Gasteiger partial charge >= 0.3 is 0 Å². The Morgan fingerprint density at radius 3 is 2.76 bits per heavy atom. The Morgan fingerprint density at radius 1 is 1.41 bits per heavy atom. The van der Waals surface area contributed by atoms with Gasteiger partial charge in [-0.25, -0.2) is 0 Å². The van der Waals surface area contributed by atoms with Crippen LogP contribution in [0, 0.1) is 11.3 Å². The summed E-state index contributed by atoms with van der Waals surface area (Å²) < 4.78 is 0. The summed E-state index contributed by atoms with van der Waals surface area (Å²) in [6.45, 7) is 9.22. The van der Waals surface area contributed by atoms with Crippen molar-refractivity contribution >= 4 is 16.5 Å².